The summed E-state index contributed by atoms with van der Waals surface area (Å²) in [5.41, 5.74) is -0.113. The van der Waals surface area contributed by atoms with Gasteiger partial charge in [-0.2, -0.15) is 4.39 Å². The predicted molar refractivity (Wildman–Crippen MR) is 81.2 cm³/mol. The van der Waals surface area contributed by atoms with Gasteiger partial charge >= 0.3 is 5.69 Å². The molecule has 1 atom stereocenters. The summed E-state index contributed by atoms with van der Waals surface area (Å²) in [6.45, 7) is 1.53. The lowest BCUT2D eigenvalue weighted by Gasteiger charge is -2.15. The smallest absolute Gasteiger partial charge is 0.327 e. The second-order valence-corrected chi connectivity index (χ2v) is 4.61. The van der Waals surface area contributed by atoms with Gasteiger partial charge in [0.2, 0.25) is 11.7 Å². The van der Waals surface area contributed by atoms with Gasteiger partial charge in [-0.1, -0.05) is 24.3 Å². The molecule has 7 heteroatoms. The van der Waals surface area contributed by atoms with Gasteiger partial charge in [0.25, 0.3) is 0 Å². The van der Waals surface area contributed by atoms with E-state index in [1.54, 1.807) is 24.3 Å². The first-order chi connectivity index (χ1) is 10.5. The molecule has 0 aliphatic carbocycles. The average Bonchev–Trinajstić information content (AvgIpc) is 2.47. The number of nitro benzene ring substituents is 1. The quantitative estimate of drug-likeness (QED) is 0.656. The fraction of sp³-hybridized carbons (Fsp3) is 0.133. The number of halogens is 1. The Morgan fingerprint density at radius 1 is 1.18 bits per heavy atom. The zero-order valence-corrected chi connectivity index (χ0v) is 11.7. The van der Waals surface area contributed by atoms with Gasteiger partial charge in [-0.25, -0.2) is 0 Å². The van der Waals surface area contributed by atoms with E-state index in [0.717, 1.165) is 6.07 Å². The molecular weight excluding hydrogens is 289 g/mol. The second-order valence-electron chi connectivity index (χ2n) is 4.61. The summed E-state index contributed by atoms with van der Waals surface area (Å²) in [5, 5.41) is 16.2. The Bertz CT molecular complexity index is 692. The second kappa shape index (κ2) is 6.66. The molecule has 2 aromatic carbocycles. The zero-order valence-electron chi connectivity index (χ0n) is 11.7. The summed E-state index contributed by atoms with van der Waals surface area (Å²) in [4.78, 5) is 22.1. The van der Waals surface area contributed by atoms with Crippen LogP contribution in [0.5, 0.6) is 0 Å². The van der Waals surface area contributed by atoms with E-state index in [1.807, 2.05) is 6.07 Å². The van der Waals surface area contributed by atoms with E-state index in [1.165, 1.54) is 19.1 Å². The third-order valence-corrected chi connectivity index (χ3v) is 2.98. The van der Waals surface area contributed by atoms with Crippen molar-refractivity contribution in [2.75, 3.05) is 10.6 Å². The molecule has 0 radical (unpaired) electrons. The van der Waals surface area contributed by atoms with Gasteiger partial charge in [0.15, 0.2) is 0 Å². The number of benzene rings is 2. The lowest BCUT2D eigenvalue weighted by molar-refractivity contribution is -0.386. The van der Waals surface area contributed by atoms with Crippen LogP contribution in [0.25, 0.3) is 0 Å². The highest BCUT2D eigenvalue weighted by atomic mass is 19.1. The van der Waals surface area contributed by atoms with E-state index in [9.17, 15) is 19.3 Å². The number of hydrogen-bond acceptors (Lipinski definition) is 4. The molecule has 2 N–H and O–H groups in total. The van der Waals surface area contributed by atoms with Crippen LogP contribution in [-0.4, -0.2) is 16.9 Å². The van der Waals surface area contributed by atoms with Crippen molar-refractivity contribution < 1.29 is 14.1 Å². The van der Waals surface area contributed by atoms with Crippen molar-refractivity contribution in [3.63, 3.8) is 0 Å². The minimum absolute atomic E-state index is 0.0410. The molecule has 1 unspecified atom stereocenters. The van der Waals surface area contributed by atoms with Crippen molar-refractivity contribution in [1.82, 2.24) is 0 Å². The van der Waals surface area contributed by atoms with Gasteiger partial charge in [-0.05, 0) is 31.2 Å². The standard InChI is InChI=1S/C15H14FN3O3/c1-10(15(20)18-11-6-3-2-4-7-11)17-13-9-5-8-12(16)14(13)19(21)22/h2-10,17H,1H3,(H,18,20). The Kier molecular flexibility index (Phi) is 4.67. The van der Waals surface area contributed by atoms with E-state index >= 15 is 0 Å². The van der Waals surface area contributed by atoms with Crippen molar-refractivity contribution in [2.24, 2.45) is 0 Å². The van der Waals surface area contributed by atoms with Crippen molar-refractivity contribution >= 4 is 23.0 Å². The monoisotopic (exact) mass is 303 g/mol. The van der Waals surface area contributed by atoms with Crippen LogP contribution in [0.4, 0.5) is 21.5 Å². The Morgan fingerprint density at radius 2 is 1.86 bits per heavy atom. The number of para-hydroxylation sites is 2. The molecule has 2 rings (SSSR count). The maximum Gasteiger partial charge on any atom is 0.327 e. The van der Waals surface area contributed by atoms with Crippen LogP contribution in [0.3, 0.4) is 0 Å². The molecule has 0 spiro atoms. The van der Waals surface area contributed by atoms with Gasteiger partial charge in [0, 0.05) is 5.69 Å². The van der Waals surface area contributed by atoms with Gasteiger partial charge < -0.3 is 10.6 Å². The van der Waals surface area contributed by atoms with E-state index in [0.29, 0.717) is 5.69 Å². The maximum atomic E-state index is 13.5. The van der Waals surface area contributed by atoms with Gasteiger partial charge in [-0.15, -0.1) is 0 Å². The van der Waals surface area contributed by atoms with Gasteiger partial charge in [0.05, 0.1) is 4.92 Å². The third kappa shape index (κ3) is 3.57. The van der Waals surface area contributed by atoms with Crippen molar-refractivity contribution in [2.45, 2.75) is 13.0 Å². The van der Waals surface area contributed by atoms with E-state index in [4.69, 9.17) is 0 Å². The Balaban J connectivity index is 2.12. The van der Waals surface area contributed by atoms with Crippen LogP contribution < -0.4 is 10.6 Å². The molecule has 6 nitrogen and oxygen atoms in total. The summed E-state index contributed by atoms with van der Waals surface area (Å²) in [7, 11) is 0. The maximum absolute atomic E-state index is 13.5. The van der Waals surface area contributed by atoms with Crippen LogP contribution in [0.15, 0.2) is 48.5 Å². The molecule has 2 aromatic rings. The topological polar surface area (TPSA) is 84.3 Å². The SMILES string of the molecule is CC(Nc1cccc(F)c1[N+](=O)[O-])C(=O)Nc1ccccc1. The highest BCUT2D eigenvalue weighted by Gasteiger charge is 2.22. The van der Waals surface area contributed by atoms with Crippen LogP contribution >= 0.6 is 0 Å². The number of nitrogens with zero attached hydrogens (tertiary/aromatic N) is 1. The molecule has 0 aliphatic heterocycles. The zero-order chi connectivity index (χ0) is 16.1. The number of hydrogen-bond donors (Lipinski definition) is 2. The normalized spacial score (nSPS) is 11.5. The van der Waals surface area contributed by atoms with Crippen LogP contribution in [0, 0.1) is 15.9 Å². The Labute approximate surface area is 126 Å². The highest BCUT2D eigenvalue weighted by molar-refractivity contribution is 5.96. The summed E-state index contributed by atoms with van der Waals surface area (Å²) in [6, 6.07) is 11.7. The number of anilines is 2. The first-order valence-corrected chi connectivity index (χ1v) is 6.54. The summed E-state index contributed by atoms with van der Waals surface area (Å²) >= 11 is 0. The average molecular weight is 303 g/mol. The molecule has 0 bridgehead atoms. The first kappa shape index (κ1) is 15.4. The Morgan fingerprint density at radius 3 is 2.50 bits per heavy atom. The molecule has 0 saturated heterocycles. The molecule has 0 aromatic heterocycles. The molecule has 1 amide bonds. The van der Waals surface area contributed by atoms with E-state index in [2.05, 4.69) is 10.6 Å². The first-order valence-electron chi connectivity index (χ1n) is 6.54. The molecule has 0 aliphatic rings. The van der Waals surface area contributed by atoms with Crippen LogP contribution in [0.1, 0.15) is 6.92 Å². The number of nitro groups is 1. The molecule has 0 fully saturated rings. The molecule has 0 heterocycles. The van der Waals surface area contributed by atoms with Crippen molar-refractivity contribution in [1.29, 1.82) is 0 Å². The fourth-order valence-corrected chi connectivity index (χ4v) is 1.89. The highest BCUT2D eigenvalue weighted by Crippen LogP contribution is 2.27. The minimum atomic E-state index is -0.953. The van der Waals surface area contributed by atoms with Crippen molar-refractivity contribution in [3.05, 3.63) is 64.5 Å². The number of nitrogens with one attached hydrogen (secondary N) is 2. The fourth-order valence-electron chi connectivity index (χ4n) is 1.89. The Hall–Kier alpha value is -2.96. The largest absolute Gasteiger partial charge is 0.368 e. The third-order valence-electron chi connectivity index (χ3n) is 2.98. The number of carbonyl (C=O) groups excluding carboxylic acids is 1. The molecule has 114 valence electrons. The predicted octanol–water partition coefficient (Wildman–Crippen LogP) is 3.17. The van der Waals surface area contributed by atoms with Gasteiger partial charge in [-0.3, -0.25) is 14.9 Å². The lowest BCUT2D eigenvalue weighted by atomic mass is 10.2. The summed E-state index contributed by atoms with van der Waals surface area (Å²) in [5.74, 6) is -1.34. The van der Waals surface area contributed by atoms with Gasteiger partial charge in [0.1, 0.15) is 11.7 Å². The molecule has 0 saturated carbocycles. The van der Waals surface area contributed by atoms with Crippen LogP contribution in [0.2, 0.25) is 0 Å². The summed E-state index contributed by atoms with van der Waals surface area (Å²) in [6.07, 6.45) is 0. The lowest BCUT2D eigenvalue weighted by Crippen LogP contribution is -2.32. The number of amides is 1. The number of rotatable bonds is 5. The van der Waals surface area contributed by atoms with Crippen LogP contribution in [-0.2, 0) is 4.79 Å². The van der Waals surface area contributed by atoms with E-state index < -0.39 is 22.5 Å². The minimum Gasteiger partial charge on any atom is -0.368 e. The van der Waals surface area contributed by atoms with E-state index in [-0.39, 0.29) is 11.6 Å². The molecular formula is C15H14FN3O3. The number of carbonyl (C=O) groups is 1. The van der Waals surface area contributed by atoms with Crippen molar-refractivity contribution in [3.8, 4) is 0 Å². The summed E-state index contributed by atoms with van der Waals surface area (Å²) < 4.78 is 13.5. The molecule has 22 heavy (non-hydrogen) atoms.